The van der Waals surface area contributed by atoms with Gasteiger partial charge in [-0.25, -0.2) is 4.98 Å². The number of aliphatic imine (C=N–C) groups is 1. The fraction of sp³-hybridized carbons (Fsp3) is 0.429. The largest absolute Gasteiger partial charge is 0.494 e. The maximum atomic E-state index is 5.89. The molecule has 1 atom stereocenters. The minimum Gasteiger partial charge on any atom is -0.494 e. The second-order valence-corrected chi connectivity index (χ2v) is 6.62. The van der Waals surface area contributed by atoms with Crippen molar-refractivity contribution in [1.82, 2.24) is 15.6 Å². The summed E-state index contributed by atoms with van der Waals surface area (Å²) in [5, 5.41) is 6.64. The van der Waals surface area contributed by atoms with Crippen molar-refractivity contribution in [2.24, 2.45) is 4.99 Å². The third kappa shape index (κ3) is 6.12. The van der Waals surface area contributed by atoms with E-state index < -0.39 is 0 Å². The predicted molar refractivity (Wildman–Crippen MR) is 125 cm³/mol. The molecule has 0 saturated carbocycles. The smallest absolute Gasteiger partial charge is 0.213 e. The molecule has 8 heteroatoms. The summed E-state index contributed by atoms with van der Waals surface area (Å²) in [6.07, 6.45) is 2.85. The Bertz CT molecular complexity index is 845. The Kier molecular flexibility index (Phi) is 8.81. The fourth-order valence-electron chi connectivity index (χ4n) is 3.17. The van der Waals surface area contributed by atoms with Crippen LogP contribution in [0.25, 0.3) is 0 Å². The number of benzene rings is 1. The number of guanidine groups is 1. The Hall–Kier alpha value is -2.23. The number of rotatable bonds is 7. The lowest BCUT2D eigenvalue weighted by Gasteiger charge is -2.16. The molecule has 0 aliphatic carbocycles. The summed E-state index contributed by atoms with van der Waals surface area (Å²) in [7, 11) is 3.36. The number of nitrogens with one attached hydrogen (secondary N) is 2. The van der Waals surface area contributed by atoms with Gasteiger partial charge in [0.2, 0.25) is 5.88 Å². The van der Waals surface area contributed by atoms with Crippen LogP contribution in [0.3, 0.4) is 0 Å². The molecule has 0 radical (unpaired) electrons. The van der Waals surface area contributed by atoms with Crippen LogP contribution in [0, 0.1) is 0 Å². The molecule has 3 rings (SSSR count). The van der Waals surface area contributed by atoms with Gasteiger partial charge in [-0.15, -0.1) is 24.0 Å². The van der Waals surface area contributed by atoms with Gasteiger partial charge in [-0.05, 0) is 37.6 Å². The monoisotopic (exact) mass is 512 g/mol. The van der Waals surface area contributed by atoms with Crippen LogP contribution >= 0.6 is 24.0 Å². The number of methoxy groups -OCH3 is 1. The number of aromatic nitrogens is 1. The first-order chi connectivity index (χ1) is 13.6. The molecule has 0 spiro atoms. The topological polar surface area (TPSA) is 77.0 Å². The first-order valence-electron chi connectivity index (χ1n) is 9.51. The van der Waals surface area contributed by atoms with Crippen LogP contribution in [-0.2, 0) is 19.5 Å². The Labute approximate surface area is 189 Å². The molecule has 1 aliphatic heterocycles. The Morgan fingerprint density at radius 1 is 1.28 bits per heavy atom. The Morgan fingerprint density at radius 3 is 2.79 bits per heavy atom. The molecule has 2 N–H and O–H groups in total. The van der Waals surface area contributed by atoms with Gasteiger partial charge in [0.05, 0.1) is 13.7 Å². The summed E-state index contributed by atoms with van der Waals surface area (Å²) in [5.41, 5.74) is 3.31. The third-order valence-corrected chi connectivity index (χ3v) is 4.52. The van der Waals surface area contributed by atoms with Crippen molar-refractivity contribution in [3.05, 3.63) is 47.2 Å². The van der Waals surface area contributed by atoms with Gasteiger partial charge in [-0.3, -0.25) is 4.99 Å². The summed E-state index contributed by atoms with van der Waals surface area (Å²) >= 11 is 0. The van der Waals surface area contributed by atoms with Gasteiger partial charge in [-0.1, -0.05) is 0 Å². The highest BCUT2D eigenvalue weighted by atomic mass is 127. The molecule has 2 heterocycles. The zero-order valence-electron chi connectivity index (χ0n) is 17.3. The molecule has 1 aromatic carbocycles. The van der Waals surface area contributed by atoms with Crippen molar-refractivity contribution in [1.29, 1.82) is 0 Å². The van der Waals surface area contributed by atoms with Crippen molar-refractivity contribution < 1.29 is 14.2 Å². The average molecular weight is 512 g/mol. The van der Waals surface area contributed by atoms with Crippen LogP contribution in [0.2, 0.25) is 0 Å². The summed E-state index contributed by atoms with van der Waals surface area (Å²) in [5.74, 6) is 3.13. The number of ether oxygens (including phenoxy) is 3. The lowest BCUT2D eigenvalue weighted by atomic mass is 10.1. The molecule has 1 aromatic heterocycles. The molecule has 158 valence electrons. The van der Waals surface area contributed by atoms with Gasteiger partial charge in [-0.2, -0.15) is 0 Å². The summed E-state index contributed by atoms with van der Waals surface area (Å²) in [6.45, 7) is 5.89. The summed E-state index contributed by atoms with van der Waals surface area (Å²) in [4.78, 5) is 8.42. The molecule has 0 saturated heterocycles. The minimum absolute atomic E-state index is 0. The van der Waals surface area contributed by atoms with Gasteiger partial charge >= 0.3 is 0 Å². The molecule has 1 unspecified atom stereocenters. The number of halogens is 1. The van der Waals surface area contributed by atoms with Gasteiger partial charge in [0.1, 0.15) is 17.6 Å². The van der Waals surface area contributed by atoms with E-state index in [0.717, 1.165) is 29.0 Å². The normalized spacial score (nSPS) is 15.0. The van der Waals surface area contributed by atoms with Crippen LogP contribution in [0.5, 0.6) is 17.4 Å². The van der Waals surface area contributed by atoms with E-state index in [4.69, 9.17) is 14.2 Å². The molecule has 0 amide bonds. The van der Waals surface area contributed by atoms with E-state index in [1.807, 2.05) is 19.1 Å². The van der Waals surface area contributed by atoms with E-state index >= 15 is 0 Å². The van der Waals surface area contributed by atoms with E-state index in [1.165, 1.54) is 5.56 Å². The van der Waals surface area contributed by atoms with E-state index in [9.17, 15) is 0 Å². The van der Waals surface area contributed by atoms with E-state index in [0.29, 0.717) is 31.5 Å². The predicted octanol–water partition coefficient (Wildman–Crippen LogP) is 3.30. The van der Waals surface area contributed by atoms with Crippen LogP contribution in [0.1, 0.15) is 30.5 Å². The number of hydrogen-bond donors (Lipinski definition) is 2. The highest BCUT2D eigenvalue weighted by Crippen LogP contribution is 2.35. The minimum atomic E-state index is 0. The van der Waals surface area contributed by atoms with Crippen molar-refractivity contribution in [3.8, 4) is 17.4 Å². The summed E-state index contributed by atoms with van der Waals surface area (Å²) in [6, 6.07) is 8.00. The van der Waals surface area contributed by atoms with Gasteiger partial charge in [0.15, 0.2) is 5.96 Å². The van der Waals surface area contributed by atoms with Crippen molar-refractivity contribution in [3.63, 3.8) is 0 Å². The summed E-state index contributed by atoms with van der Waals surface area (Å²) < 4.78 is 16.9. The molecule has 29 heavy (non-hydrogen) atoms. The molecular weight excluding hydrogens is 483 g/mol. The molecule has 2 aromatic rings. The highest BCUT2D eigenvalue weighted by Gasteiger charge is 2.21. The first-order valence-corrected chi connectivity index (χ1v) is 9.51. The molecule has 1 aliphatic rings. The standard InChI is InChI=1S/C21H28N4O3.HI/c1-5-27-18-10-16-8-14(2)28-19(16)11-17(18)13-25-21(22-3)24-12-15-6-7-23-20(9-15)26-4;/h6-7,9-11,14H,5,8,12-13H2,1-4H3,(H2,22,24,25);1H. The Morgan fingerprint density at radius 2 is 2.07 bits per heavy atom. The fourth-order valence-corrected chi connectivity index (χ4v) is 3.17. The third-order valence-electron chi connectivity index (χ3n) is 4.52. The number of nitrogens with zero attached hydrogens (tertiary/aromatic N) is 2. The van der Waals surface area contributed by atoms with Crippen LogP contribution in [0.4, 0.5) is 0 Å². The van der Waals surface area contributed by atoms with Crippen molar-refractivity contribution >= 4 is 29.9 Å². The number of fused-ring (bicyclic) bond motifs is 1. The van der Waals surface area contributed by atoms with Crippen molar-refractivity contribution in [2.45, 2.75) is 39.5 Å². The van der Waals surface area contributed by atoms with Gasteiger partial charge < -0.3 is 24.8 Å². The van der Waals surface area contributed by atoms with Crippen LogP contribution in [-0.4, -0.2) is 37.8 Å². The Balaban J connectivity index is 0.00000300. The molecule has 0 fully saturated rings. The quantitative estimate of drug-likeness (QED) is 0.337. The van der Waals surface area contributed by atoms with Crippen molar-refractivity contribution in [2.75, 3.05) is 20.8 Å². The first kappa shape index (κ1) is 23.1. The zero-order valence-corrected chi connectivity index (χ0v) is 19.7. The van der Waals surface area contributed by atoms with Gasteiger partial charge in [0.25, 0.3) is 0 Å². The van der Waals surface area contributed by atoms with Crippen LogP contribution < -0.4 is 24.8 Å². The van der Waals surface area contributed by atoms with E-state index in [2.05, 4.69) is 39.7 Å². The number of hydrogen-bond acceptors (Lipinski definition) is 5. The number of pyridine rings is 1. The maximum absolute atomic E-state index is 5.89. The zero-order chi connectivity index (χ0) is 19.9. The lowest BCUT2D eigenvalue weighted by molar-refractivity contribution is 0.254. The van der Waals surface area contributed by atoms with E-state index in [-0.39, 0.29) is 30.1 Å². The van der Waals surface area contributed by atoms with Crippen LogP contribution in [0.15, 0.2) is 35.5 Å². The molecule has 7 nitrogen and oxygen atoms in total. The molecule has 0 bridgehead atoms. The highest BCUT2D eigenvalue weighted by molar-refractivity contribution is 14.0. The average Bonchev–Trinajstić information content (AvgIpc) is 3.07. The lowest BCUT2D eigenvalue weighted by Crippen LogP contribution is -2.36. The SMILES string of the molecule is CCOc1cc2c(cc1CNC(=NC)NCc1ccnc(OC)c1)OC(C)C2.I. The second kappa shape index (κ2) is 11.1. The van der Waals surface area contributed by atoms with Gasteiger partial charge in [0, 0.05) is 49.9 Å². The second-order valence-electron chi connectivity index (χ2n) is 6.62. The van der Waals surface area contributed by atoms with E-state index in [1.54, 1.807) is 20.4 Å². The molecular formula is C21H29IN4O3. The maximum Gasteiger partial charge on any atom is 0.213 e.